The lowest BCUT2D eigenvalue weighted by Gasteiger charge is -2.04. The lowest BCUT2D eigenvalue weighted by molar-refractivity contribution is -0.121. The largest absolute Gasteiger partial charge is 0.393 e. The lowest BCUT2D eigenvalue weighted by atomic mass is 10.2. The van der Waals surface area contributed by atoms with Crippen molar-refractivity contribution in [2.45, 2.75) is 25.9 Å². The van der Waals surface area contributed by atoms with E-state index >= 15 is 0 Å². The molecule has 1 atom stereocenters. The number of nitrogens with one attached hydrogen (secondary N) is 1. The van der Waals surface area contributed by atoms with E-state index in [1.807, 2.05) is 0 Å². The van der Waals surface area contributed by atoms with Crippen molar-refractivity contribution in [1.82, 2.24) is 5.32 Å². The molecule has 0 aromatic heterocycles. The Morgan fingerprint density at radius 2 is 2.33 bits per heavy atom. The van der Waals surface area contributed by atoms with Crippen LogP contribution in [0.15, 0.2) is 11.6 Å². The minimum absolute atomic E-state index is 0.113. The second-order valence-corrected chi connectivity index (χ2v) is 3.22. The van der Waals surface area contributed by atoms with Crippen LogP contribution in [0.4, 0.5) is 0 Å². The van der Waals surface area contributed by atoms with Crippen LogP contribution in [0.25, 0.3) is 0 Å². The molecule has 0 aromatic carbocycles. The van der Waals surface area contributed by atoms with Crippen molar-refractivity contribution in [2.75, 3.05) is 6.54 Å². The summed E-state index contributed by atoms with van der Waals surface area (Å²) in [5.41, 5.74) is 0. The highest BCUT2D eigenvalue weighted by Crippen LogP contribution is 1.97. The number of aliphatic hydroxyl groups is 1. The molecule has 0 bridgehead atoms. The van der Waals surface area contributed by atoms with Gasteiger partial charge >= 0.3 is 0 Å². The maximum atomic E-state index is 10.9. The van der Waals surface area contributed by atoms with Gasteiger partial charge in [-0.2, -0.15) is 0 Å². The fourth-order valence-electron chi connectivity index (χ4n) is 0.623. The van der Waals surface area contributed by atoms with Gasteiger partial charge in [-0.15, -0.1) is 0 Å². The average Bonchev–Trinajstić information content (AvgIpc) is 1.96. The van der Waals surface area contributed by atoms with Gasteiger partial charge in [-0.1, -0.05) is 18.2 Å². The third-order valence-electron chi connectivity index (χ3n) is 1.27. The molecule has 0 radical (unpaired) electrons. The Labute approximate surface area is 77.4 Å². The van der Waals surface area contributed by atoms with E-state index in [1.165, 1.54) is 0 Å². The number of aliphatic hydroxyl groups excluding tert-OH is 1. The molecule has 3 nitrogen and oxygen atoms in total. The average molecular weight is 192 g/mol. The smallest absolute Gasteiger partial charge is 0.220 e. The van der Waals surface area contributed by atoms with Gasteiger partial charge in [0.25, 0.3) is 0 Å². The fraction of sp³-hybridized carbons (Fsp3) is 0.625. The number of amides is 1. The first-order valence-corrected chi connectivity index (χ1v) is 4.18. The van der Waals surface area contributed by atoms with Gasteiger partial charge in [0.05, 0.1) is 12.6 Å². The van der Waals surface area contributed by atoms with Gasteiger partial charge in [0.2, 0.25) is 5.91 Å². The van der Waals surface area contributed by atoms with E-state index in [0.717, 1.165) is 0 Å². The van der Waals surface area contributed by atoms with Gasteiger partial charge in [-0.25, -0.2) is 0 Å². The monoisotopic (exact) mass is 191 g/mol. The lowest BCUT2D eigenvalue weighted by Crippen LogP contribution is -2.25. The maximum Gasteiger partial charge on any atom is 0.220 e. The van der Waals surface area contributed by atoms with Gasteiger partial charge in [-0.3, -0.25) is 4.79 Å². The number of hydrogen-bond acceptors (Lipinski definition) is 2. The van der Waals surface area contributed by atoms with Crippen LogP contribution in [0.5, 0.6) is 0 Å². The van der Waals surface area contributed by atoms with Crippen LogP contribution in [-0.4, -0.2) is 23.7 Å². The van der Waals surface area contributed by atoms with Gasteiger partial charge in [-0.05, 0) is 13.3 Å². The Balaban J connectivity index is 3.40. The Hall–Kier alpha value is -0.540. The Bertz CT molecular complexity index is 168. The van der Waals surface area contributed by atoms with Crippen LogP contribution in [0, 0.1) is 0 Å². The first-order chi connectivity index (χ1) is 5.52. The third-order valence-corrected chi connectivity index (χ3v) is 1.40. The second kappa shape index (κ2) is 6.03. The first kappa shape index (κ1) is 11.5. The van der Waals surface area contributed by atoms with Crippen molar-refractivity contribution >= 4 is 17.5 Å². The predicted octanol–water partition coefficient (Wildman–Crippen LogP) is 1.02. The molecule has 0 aliphatic carbocycles. The molecule has 0 saturated heterocycles. The van der Waals surface area contributed by atoms with E-state index < -0.39 is 6.10 Å². The zero-order valence-electron chi connectivity index (χ0n) is 7.14. The summed E-state index contributed by atoms with van der Waals surface area (Å²) in [6.07, 6.45) is 0.359. The van der Waals surface area contributed by atoms with Gasteiger partial charge in [0.1, 0.15) is 0 Å². The SMILES string of the molecule is C=C(Cl)CNC(=O)CCC(C)O. The number of hydrogen-bond donors (Lipinski definition) is 2. The number of carbonyl (C=O) groups excluding carboxylic acids is 1. The van der Waals surface area contributed by atoms with Crippen LogP contribution < -0.4 is 5.32 Å². The zero-order chi connectivity index (χ0) is 9.56. The van der Waals surface area contributed by atoms with E-state index in [-0.39, 0.29) is 5.91 Å². The molecule has 70 valence electrons. The van der Waals surface area contributed by atoms with E-state index in [1.54, 1.807) is 6.92 Å². The van der Waals surface area contributed by atoms with E-state index in [9.17, 15) is 4.79 Å². The molecule has 1 amide bonds. The van der Waals surface area contributed by atoms with Crippen molar-refractivity contribution in [3.63, 3.8) is 0 Å². The van der Waals surface area contributed by atoms with Crippen molar-refractivity contribution in [2.24, 2.45) is 0 Å². The normalized spacial score (nSPS) is 12.2. The van der Waals surface area contributed by atoms with Crippen LogP contribution in [-0.2, 0) is 4.79 Å². The topological polar surface area (TPSA) is 49.3 Å². The van der Waals surface area contributed by atoms with E-state index in [4.69, 9.17) is 16.7 Å². The summed E-state index contributed by atoms with van der Waals surface area (Å²) < 4.78 is 0. The number of rotatable bonds is 5. The van der Waals surface area contributed by atoms with Crippen LogP contribution in [0.1, 0.15) is 19.8 Å². The molecular formula is C8H14ClNO2. The molecule has 0 aliphatic heterocycles. The molecule has 12 heavy (non-hydrogen) atoms. The molecule has 1 unspecified atom stereocenters. The summed E-state index contributed by atoms with van der Waals surface area (Å²) in [6.45, 7) is 5.36. The molecule has 0 saturated carbocycles. The molecular weight excluding hydrogens is 178 g/mol. The summed E-state index contributed by atoms with van der Waals surface area (Å²) in [4.78, 5) is 10.9. The first-order valence-electron chi connectivity index (χ1n) is 3.80. The van der Waals surface area contributed by atoms with Crippen LogP contribution in [0.3, 0.4) is 0 Å². The summed E-state index contributed by atoms with van der Waals surface area (Å²) in [7, 11) is 0. The van der Waals surface area contributed by atoms with E-state index in [0.29, 0.717) is 24.4 Å². The predicted molar refractivity (Wildman–Crippen MR) is 48.9 cm³/mol. The van der Waals surface area contributed by atoms with Crippen molar-refractivity contribution < 1.29 is 9.90 Å². The number of carbonyl (C=O) groups is 1. The second-order valence-electron chi connectivity index (χ2n) is 2.68. The highest BCUT2D eigenvalue weighted by atomic mass is 35.5. The molecule has 0 spiro atoms. The third kappa shape index (κ3) is 7.57. The molecule has 0 fully saturated rings. The highest BCUT2D eigenvalue weighted by molar-refractivity contribution is 6.29. The van der Waals surface area contributed by atoms with Crippen LogP contribution in [0.2, 0.25) is 0 Å². The Morgan fingerprint density at radius 3 is 2.75 bits per heavy atom. The van der Waals surface area contributed by atoms with Crippen LogP contribution >= 0.6 is 11.6 Å². The summed E-state index contributed by atoms with van der Waals surface area (Å²) in [6, 6.07) is 0. The maximum absolute atomic E-state index is 10.9. The minimum atomic E-state index is -0.435. The zero-order valence-corrected chi connectivity index (χ0v) is 7.90. The quantitative estimate of drug-likeness (QED) is 0.682. The molecule has 0 aromatic rings. The molecule has 0 rings (SSSR count). The summed E-state index contributed by atoms with van der Waals surface area (Å²) in [5, 5.41) is 11.8. The Morgan fingerprint density at radius 1 is 1.75 bits per heavy atom. The van der Waals surface area contributed by atoms with Crippen molar-refractivity contribution in [1.29, 1.82) is 0 Å². The van der Waals surface area contributed by atoms with Gasteiger partial charge in [0.15, 0.2) is 0 Å². The molecule has 0 heterocycles. The molecule has 2 N–H and O–H groups in total. The minimum Gasteiger partial charge on any atom is -0.393 e. The Kier molecular flexibility index (Phi) is 5.76. The van der Waals surface area contributed by atoms with Crippen molar-refractivity contribution in [3.05, 3.63) is 11.6 Å². The van der Waals surface area contributed by atoms with Crippen molar-refractivity contribution in [3.8, 4) is 0 Å². The molecule has 4 heteroatoms. The summed E-state index contributed by atoms with van der Waals surface area (Å²) >= 11 is 5.43. The summed E-state index contributed by atoms with van der Waals surface area (Å²) in [5.74, 6) is -0.113. The van der Waals surface area contributed by atoms with Gasteiger partial charge in [0, 0.05) is 11.5 Å². The van der Waals surface area contributed by atoms with Gasteiger partial charge < -0.3 is 10.4 Å². The fourth-order valence-corrected chi connectivity index (χ4v) is 0.690. The number of halogens is 1. The standard InChI is InChI=1S/C8H14ClNO2/c1-6(9)5-10-8(12)4-3-7(2)11/h7,11H,1,3-5H2,2H3,(H,10,12). The highest BCUT2D eigenvalue weighted by Gasteiger charge is 2.03. The van der Waals surface area contributed by atoms with E-state index in [2.05, 4.69) is 11.9 Å². The molecule has 0 aliphatic rings.